The van der Waals surface area contributed by atoms with E-state index in [1.165, 1.54) is 6.21 Å². The van der Waals surface area contributed by atoms with Crippen molar-refractivity contribution in [2.75, 3.05) is 0 Å². The van der Waals surface area contributed by atoms with Gasteiger partial charge in [-0.25, -0.2) is 14.8 Å². The first kappa shape index (κ1) is 16.7. The van der Waals surface area contributed by atoms with E-state index in [0.717, 1.165) is 4.57 Å². The minimum absolute atomic E-state index is 0.271. The number of hydrogen-bond acceptors (Lipinski definition) is 5. The number of rotatable bonds is 5. The monoisotopic (exact) mass is 356 g/mol. The number of aromatic nitrogens is 2. The number of benzene rings is 2. The molecule has 0 radical (unpaired) electrons. The second-order valence-corrected chi connectivity index (χ2v) is 5.45. The SMILES string of the molecule is O=C(Cn1c(-c2ccccc2)noc1=O)NN=Cc1ccccc1Cl. The first-order chi connectivity index (χ1) is 12.1. The van der Waals surface area contributed by atoms with E-state index in [-0.39, 0.29) is 12.4 Å². The topological polar surface area (TPSA) is 89.5 Å². The lowest BCUT2D eigenvalue weighted by Gasteiger charge is -2.03. The Balaban J connectivity index is 1.71. The Hall–Kier alpha value is -3.19. The van der Waals surface area contributed by atoms with Crippen molar-refractivity contribution in [3.05, 3.63) is 75.7 Å². The smallest absolute Gasteiger partial charge is 0.295 e. The number of halogens is 1. The van der Waals surface area contributed by atoms with E-state index in [2.05, 4.69) is 20.2 Å². The molecule has 3 aromatic rings. The van der Waals surface area contributed by atoms with E-state index >= 15 is 0 Å². The molecule has 1 N–H and O–H groups in total. The van der Waals surface area contributed by atoms with Crippen LogP contribution in [0.4, 0.5) is 0 Å². The molecular formula is C17H13ClN4O3. The van der Waals surface area contributed by atoms with Gasteiger partial charge in [-0.2, -0.15) is 5.10 Å². The maximum absolute atomic E-state index is 12.0. The molecule has 2 aromatic carbocycles. The Labute approximate surface area is 147 Å². The minimum Gasteiger partial charge on any atom is -0.295 e. The molecule has 1 aromatic heterocycles. The van der Waals surface area contributed by atoms with E-state index < -0.39 is 11.7 Å². The van der Waals surface area contributed by atoms with Gasteiger partial charge in [0.25, 0.3) is 5.91 Å². The molecule has 0 fully saturated rings. The third kappa shape index (κ3) is 4.02. The zero-order chi connectivity index (χ0) is 17.6. The van der Waals surface area contributed by atoms with Crippen LogP contribution in [0.3, 0.4) is 0 Å². The highest BCUT2D eigenvalue weighted by Crippen LogP contribution is 2.14. The van der Waals surface area contributed by atoms with E-state index in [4.69, 9.17) is 11.6 Å². The van der Waals surface area contributed by atoms with Gasteiger partial charge in [-0.15, -0.1) is 0 Å². The number of carbonyl (C=O) groups excluding carboxylic acids is 1. The lowest BCUT2D eigenvalue weighted by Crippen LogP contribution is -2.28. The van der Waals surface area contributed by atoms with Crippen LogP contribution in [0.2, 0.25) is 5.02 Å². The number of nitrogens with one attached hydrogen (secondary N) is 1. The maximum Gasteiger partial charge on any atom is 0.442 e. The van der Waals surface area contributed by atoms with Gasteiger partial charge >= 0.3 is 5.76 Å². The minimum atomic E-state index is -0.718. The predicted octanol–water partition coefficient (Wildman–Crippen LogP) is 2.31. The van der Waals surface area contributed by atoms with Crippen molar-refractivity contribution in [3.8, 4) is 11.4 Å². The van der Waals surface area contributed by atoms with Gasteiger partial charge in [0.15, 0.2) is 5.82 Å². The zero-order valence-corrected chi connectivity index (χ0v) is 13.7. The van der Waals surface area contributed by atoms with Crippen molar-refractivity contribution < 1.29 is 9.32 Å². The largest absolute Gasteiger partial charge is 0.442 e. The summed E-state index contributed by atoms with van der Waals surface area (Å²) in [4.78, 5) is 23.8. The number of amides is 1. The second kappa shape index (κ2) is 7.59. The summed E-state index contributed by atoms with van der Waals surface area (Å²) in [5.74, 6) is -0.939. The highest BCUT2D eigenvalue weighted by atomic mass is 35.5. The van der Waals surface area contributed by atoms with Crippen LogP contribution in [0.15, 0.2) is 69.0 Å². The average molecular weight is 357 g/mol. The first-order valence-electron chi connectivity index (χ1n) is 7.33. The van der Waals surface area contributed by atoms with Crippen molar-refractivity contribution in [1.29, 1.82) is 0 Å². The Bertz CT molecular complexity index is 963. The van der Waals surface area contributed by atoms with Gasteiger partial charge in [-0.3, -0.25) is 9.32 Å². The van der Waals surface area contributed by atoms with Gasteiger partial charge in [-0.1, -0.05) is 65.3 Å². The van der Waals surface area contributed by atoms with Crippen molar-refractivity contribution in [2.45, 2.75) is 6.54 Å². The third-order valence-corrected chi connectivity index (χ3v) is 3.66. The Morgan fingerprint density at radius 2 is 1.92 bits per heavy atom. The fraction of sp³-hybridized carbons (Fsp3) is 0.0588. The molecule has 0 unspecified atom stereocenters. The van der Waals surface area contributed by atoms with Gasteiger partial charge in [-0.05, 0) is 6.07 Å². The molecule has 3 rings (SSSR count). The molecule has 0 atom stereocenters. The van der Waals surface area contributed by atoms with Crippen molar-refractivity contribution in [1.82, 2.24) is 15.1 Å². The van der Waals surface area contributed by atoms with Gasteiger partial charge in [0.05, 0.1) is 6.21 Å². The molecule has 25 heavy (non-hydrogen) atoms. The van der Waals surface area contributed by atoms with Crippen LogP contribution < -0.4 is 11.2 Å². The lowest BCUT2D eigenvalue weighted by atomic mass is 10.2. The van der Waals surface area contributed by atoms with Crippen LogP contribution in [0.5, 0.6) is 0 Å². The summed E-state index contributed by atoms with van der Waals surface area (Å²) >= 11 is 5.99. The van der Waals surface area contributed by atoms with E-state index in [1.54, 1.807) is 48.5 Å². The molecule has 0 spiro atoms. The molecule has 0 saturated carbocycles. The summed E-state index contributed by atoms with van der Waals surface area (Å²) in [5, 5.41) is 8.07. The summed E-state index contributed by atoms with van der Waals surface area (Å²) in [6, 6.07) is 16.0. The van der Waals surface area contributed by atoms with E-state index in [0.29, 0.717) is 16.1 Å². The van der Waals surface area contributed by atoms with Crippen LogP contribution in [0.1, 0.15) is 5.56 Å². The van der Waals surface area contributed by atoms with Gasteiger partial charge in [0.2, 0.25) is 0 Å². The van der Waals surface area contributed by atoms with Crippen LogP contribution in [-0.2, 0) is 11.3 Å². The molecule has 0 aliphatic heterocycles. The average Bonchev–Trinajstić information content (AvgIpc) is 2.98. The number of carbonyl (C=O) groups is 1. The Morgan fingerprint density at radius 1 is 1.20 bits per heavy atom. The normalized spacial score (nSPS) is 10.9. The molecule has 0 saturated heterocycles. The highest BCUT2D eigenvalue weighted by molar-refractivity contribution is 6.33. The molecule has 1 amide bonds. The zero-order valence-electron chi connectivity index (χ0n) is 12.9. The molecule has 126 valence electrons. The Kier molecular flexibility index (Phi) is 5.06. The van der Waals surface area contributed by atoms with Crippen LogP contribution >= 0.6 is 11.6 Å². The quantitative estimate of drug-likeness (QED) is 0.561. The fourth-order valence-corrected chi connectivity index (χ4v) is 2.32. The molecule has 8 heteroatoms. The van der Waals surface area contributed by atoms with Crippen LogP contribution in [0, 0.1) is 0 Å². The van der Waals surface area contributed by atoms with Crippen molar-refractivity contribution in [2.24, 2.45) is 5.10 Å². The van der Waals surface area contributed by atoms with Crippen molar-refractivity contribution >= 4 is 23.7 Å². The molecule has 7 nitrogen and oxygen atoms in total. The first-order valence-corrected chi connectivity index (χ1v) is 7.71. The third-order valence-electron chi connectivity index (χ3n) is 3.32. The highest BCUT2D eigenvalue weighted by Gasteiger charge is 2.15. The van der Waals surface area contributed by atoms with Crippen LogP contribution in [-0.4, -0.2) is 21.8 Å². The van der Waals surface area contributed by atoms with Gasteiger partial charge < -0.3 is 0 Å². The Morgan fingerprint density at radius 3 is 2.68 bits per heavy atom. The molecular weight excluding hydrogens is 344 g/mol. The number of hydrogen-bond donors (Lipinski definition) is 1. The molecule has 1 heterocycles. The number of nitrogens with zero attached hydrogens (tertiary/aromatic N) is 3. The van der Waals surface area contributed by atoms with E-state index in [9.17, 15) is 9.59 Å². The van der Waals surface area contributed by atoms with E-state index in [1.807, 2.05) is 6.07 Å². The molecule has 0 bridgehead atoms. The fourth-order valence-electron chi connectivity index (χ4n) is 2.14. The standard InChI is InChI=1S/C17H13ClN4O3/c18-14-9-5-4-8-13(14)10-19-20-15(23)11-22-16(21-25-17(22)24)12-6-2-1-3-7-12/h1-10H,11H2,(H,20,23). The van der Waals surface area contributed by atoms with Crippen LogP contribution in [0.25, 0.3) is 11.4 Å². The molecule has 0 aliphatic carbocycles. The second-order valence-electron chi connectivity index (χ2n) is 5.04. The summed E-state index contributed by atoms with van der Waals surface area (Å²) in [7, 11) is 0. The maximum atomic E-state index is 12.0. The van der Waals surface area contributed by atoms with Crippen molar-refractivity contribution in [3.63, 3.8) is 0 Å². The lowest BCUT2D eigenvalue weighted by molar-refractivity contribution is -0.121. The summed E-state index contributed by atoms with van der Waals surface area (Å²) < 4.78 is 5.80. The summed E-state index contributed by atoms with van der Waals surface area (Å²) in [5.41, 5.74) is 3.68. The summed E-state index contributed by atoms with van der Waals surface area (Å²) in [6.45, 7) is -0.271. The number of hydrazone groups is 1. The van der Waals surface area contributed by atoms with Gasteiger partial charge in [0.1, 0.15) is 6.54 Å². The predicted molar refractivity (Wildman–Crippen MR) is 93.4 cm³/mol. The molecule has 0 aliphatic rings. The van der Waals surface area contributed by atoms with Gasteiger partial charge in [0, 0.05) is 16.1 Å². The summed E-state index contributed by atoms with van der Waals surface area (Å²) in [6.07, 6.45) is 1.43.